The number of ether oxygens (including phenoxy) is 1. The molecule has 218 valence electrons. The molecule has 0 saturated heterocycles. The first-order valence-corrected chi connectivity index (χ1v) is 13.6. The Morgan fingerprint density at radius 2 is 1.51 bits per heavy atom. The number of hydrogen-bond donors (Lipinski definition) is 0. The standard InChI is InChI=1S/C35H24F6O2/c1-2-3-4-5-21-6-11-26(12-7-21)43-34(42)24-10-15-28-22(18-24)8-13-27(32(28)37)23-9-14-29-25(19-23)20-31(36)30(33(29)38)16-17-35(39,40)41/h6-15,18-20H,2-5H2,1H3. The molecular formula is C35H24F6O2. The molecule has 0 spiro atoms. The number of alkyl halides is 3. The molecule has 43 heavy (non-hydrogen) atoms. The van der Waals surface area contributed by atoms with Crippen LogP contribution in [0, 0.1) is 29.3 Å². The van der Waals surface area contributed by atoms with Crippen molar-refractivity contribution in [2.24, 2.45) is 0 Å². The van der Waals surface area contributed by atoms with Crippen molar-refractivity contribution < 1.29 is 35.9 Å². The highest BCUT2D eigenvalue weighted by Gasteiger charge is 2.24. The zero-order chi connectivity index (χ0) is 30.7. The summed E-state index contributed by atoms with van der Waals surface area (Å²) in [6, 6.07) is 19.6. The molecule has 5 rings (SSSR count). The lowest BCUT2D eigenvalue weighted by atomic mass is 9.96. The van der Waals surface area contributed by atoms with Gasteiger partial charge in [0, 0.05) is 22.3 Å². The summed E-state index contributed by atoms with van der Waals surface area (Å²) < 4.78 is 87.7. The summed E-state index contributed by atoms with van der Waals surface area (Å²) in [5.41, 5.74) is 0.815. The van der Waals surface area contributed by atoms with Crippen molar-refractivity contribution in [3.63, 3.8) is 0 Å². The van der Waals surface area contributed by atoms with Crippen LogP contribution in [0.5, 0.6) is 5.75 Å². The molecule has 0 N–H and O–H groups in total. The minimum Gasteiger partial charge on any atom is -0.423 e. The summed E-state index contributed by atoms with van der Waals surface area (Å²) in [5.74, 6) is -0.941. The lowest BCUT2D eigenvalue weighted by Gasteiger charge is -2.11. The van der Waals surface area contributed by atoms with Crippen LogP contribution in [0.25, 0.3) is 32.7 Å². The monoisotopic (exact) mass is 590 g/mol. The van der Waals surface area contributed by atoms with Crippen molar-refractivity contribution in [3.8, 4) is 28.7 Å². The van der Waals surface area contributed by atoms with Gasteiger partial charge < -0.3 is 4.74 Å². The second-order valence-corrected chi connectivity index (χ2v) is 10.1. The van der Waals surface area contributed by atoms with Gasteiger partial charge in [0.05, 0.1) is 11.1 Å². The number of fused-ring (bicyclic) bond motifs is 2. The molecule has 0 unspecified atom stereocenters. The fourth-order valence-corrected chi connectivity index (χ4v) is 4.86. The van der Waals surface area contributed by atoms with Crippen LogP contribution in [0.15, 0.2) is 78.9 Å². The van der Waals surface area contributed by atoms with Crippen LogP contribution in [0.3, 0.4) is 0 Å². The fraction of sp³-hybridized carbons (Fsp3) is 0.171. The Bertz CT molecular complexity index is 1900. The Morgan fingerprint density at radius 3 is 2.23 bits per heavy atom. The van der Waals surface area contributed by atoms with Gasteiger partial charge in [-0.05, 0) is 71.1 Å². The van der Waals surface area contributed by atoms with Gasteiger partial charge in [0.25, 0.3) is 0 Å². The fourth-order valence-electron chi connectivity index (χ4n) is 4.86. The van der Waals surface area contributed by atoms with Crippen molar-refractivity contribution in [2.75, 3.05) is 0 Å². The highest BCUT2D eigenvalue weighted by atomic mass is 19.4. The highest BCUT2D eigenvalue weighted by Crippen LogP contribution is 2.33. The minimum atomic E-state index is -4.91. The largest absolute Gasteiger partial charge is 0.458 e. The quantitative estimate of drug-likeness (QED) is 0.0620. The topological polar surface area (TPSA) is 26.3 Å². The molecule has 0 atom stereocenters. The summed E-state index contributed by atoms with van der Waals surface area (Å²) in [7, 11) is 0. The van der Waals surface area contributed by atoms with Crippen LogP contribution < -0.4 is 4.74 Å². The Kier molecular flexibility index (Phi) is 8.45. The minimum absolute atomic E-state index is 0.0247. The number of halogens is 6. The van der Waals surface area contributed by atoms with Gasteiger partial charge in [0.2, 0.25) is 0 Å². The maximum absolute atomic E-state index is 15.6. The van der Waals surface area contributed by atoms with Crippen LogP contribution in [0.1, 0.15) is 47.7 Å². The molecule has 0 bridgehead atoms. The lowest BCUT2D eigenvalue weighted by molar-refractivity contribution is -0.0696. The number of carbonyl (C=O) groups excluding carboxylic acids is 1. The summed E-state index contributed by atoms with van der Waals surface area (Å²) in [4.78, 5) is 12.8. The molecule has 2 nitrogen and oxygen atoms in total. The van der Waals surface area contributed by atoms with Crippen LogP contribution in [-0.2, 0) is 6.42 Å². The molecule has 8 heteroatoms. The predicted molar refractivity (Wildman–Crippen MR) is 154 cm³/mol. The number of unbranched alkanes of at least 4 members (excludes halogenated alkanes) is 2. The van der Waals surface area contributed by atoms with E-state index in [4.69, 9.17) is 4.74 Å². The number of rotatable bonds is 7. The summed E-state index contributed by atoms with van der Waals surface area (Å²) in [6.07, 6.45) is -0.583. The van der Waals surface area contributed by atoms with Gasteiger partial charge in [0.1, 0.15) is 23.2 Å². The van der Waals surface area contributed by atoms with E-state index < -0.39 is 35.2 Å². The van der Waals surface area contributed by atoms with Gasteiger partial charge in [-0.3, -0.25) is 0 Å². The Balaban J connectivity index is 1.39. The normalized spacial score (nSPS) is 11.4. The molecule has 0 aliphatic rings. The molecule has 5 aromatic carbocycles. The number of carbonyl (C=O) groups is 1. The van der Waals surface area contributed by atoms with Gasteiger partial charge in [-0.15, -0.1) is 0 Å². The maximum atomic E-state index is 15.6. The summed E-state index contributed by atoms with van der Waals surface area (Å²) in [6.45, 7) is 2.14. The van der Waals surface area contributed by atoms with Crippen molar-refractivity contribution in [1.82, 2.24) is 0 Å². The van der Waals surface area contributed by atoms with Gasteiger partial charge >= 0.3 is 12.1 Å². The van der Waals surface area contributed by atoms with E-state index >= 15 is 4.39 Å². The van der Waals surface area contributed by atoms with Gasteiger partial charge in [-0.2, -0.15) is 13.2 Å². The number of esters is 1. The van der Waals surface area contributed by atoms with E-state index in [-0.39, 0.29) is 27.3 Å². The smallest absolute Gasteiger partial charge is 0.423 e. The van der Waals surface area contributed by atoms with E-state index in [2.05, 4.69) is 6.92 Å². The third-order valence-electron chi connectivity index (χ3n) is 7.06. The van der Waals surface area contributed by atoms with E-state index in [0.29, 0.717) is 16.7 Å². The highest BCUT2D eigenvalue weighted by molar-refractivity contribution is 5.98. The van der Waals surface area contributed by atoms with E-state index in [1.807, 2.05) is 12.1 Å². The number of aryl methyl sites for hydroxylation is 1. The first-order valence-electron chi connectivity index (χ1n) is 13.6. The number of benzene rings is 5. The Hall–Kier alpha value is -4.77. The van der Waals surface area contributed by atoms with Crippen molar-refractivity contribution in [3.05, 3.63) is 113 Å². The molecule has 5 aromatic rings. The third-order valence-corrected chi connectivity index (χ3v) is 7.06. The molecule has 0 aromatic heterocycles. The number of hydrogen-bond acceptors (Lipinski definition) is 2. The average molecular weight is 591 g/mol. The van der Waals surface area contributed by atoms with Gasteiger partial charge in [0.15, 0.2) is 0 Å². The first-order chi connectivity index (χ1) is 20.5. The van der Waals surface area contributed by atoms with Crippen LogP contribution in [-0.4, -0.2) is 12.1 Å². The zero-order valence-corrected chi connectivity index (χ0v) is 22.9. The Labute approximate surface area is 243 Å². The van der Waals surface area contributed by atoms with E-state index in [1.54, 1.807) is 18.2 Å². The average Bonchev–Trinajstić information content (AvgIpc) is 2.97. The summed E-state index contributed by atoms with van der Waals surface area (Å²) in [5, 5.41) is 0.511. The predicted octanol–water partition coefficient (Wildman–Crippen LogP) is 9.94. The van der Waals surface area contributed by atoms with Gasteiger partial charge in [-0.25, -0.2) is 18.0 Å². The van der Waals surface area contributed by atoms with Gasteiger partial charge in [-0.1, -0.05) is 68.2 Å². The van der Waals surface area contributed by atoms with Crippen LogP contribution >= 0.6 is 0 Å². The second-order valence-electron chi connectivity index (χ2n) is 10.1. The SMILES string of the molecule is CCCCCc1ccc(OC(=O)c2ccc3c(F)c(-c4ccc5c(F)c(C#CC(F)(F)F)c(F)cc5c4)ccc3c2)cc1. The van der Waals surface area contributed by atoms with Crippen LogP contribution in [0.2, 0.25) is 0 Å². The van der Waals surface area contributed by atoms with Crippen LogP contribution in [0.4, 0.5) is 26.3 Å². The first kappa shape index (κ1) is 29.7. The molecule has 0 amide bonds. The van der Waals surface area contributed by atoms with E-state index in [9.17, 15) is 26.7 Å². The zero-order valence-electron chi connectivity index (χ0n) is 22.9. The molecule has 0 radical (unpaired) electrons. The van der Waals surface area contributed by atoms with Crippen molar-refractivity contribution in [1.29, 1.82) is 0 Å². The lowest BCUT2D eigenvalue weighted by Crippen LogP contribution is -2.08. The molecule has 0 aliphatic heterocycles. The molecular weight excluding hydrogens is 566 g/mol. The van der Waals surface area contributed by atoms with E-state index in [0.717, 1.165) is 43.2 Å². The Morgan fingerprint density at radius 1 is 0.791 bits per heavy atom. The molecule has 0 heterocycles. The third kappa shape index (κ3) is 6.67. The van der Waals surface area contributed by atoms with E-state index in [1.165, 1.54) is 48.4 Å². The maximum Gasteiger partial charge on any atom is 0.458 e. The van der Waals surface area contributed by atoms with Crippen molar-refractivity contribution in [2.45, 2.75) is 38.8 Å². The summed E-state index contributed by atoms with van der Waals surface area (Å²) >= 11 is 0. The second kappa shape index (κ2) is 12.2. The molecule has 0 aliphatic carbocycles. The molecule has 0 fully saturated rings. The molecule has 0 saturated carbocycles. The van der Waals surface area contributed by atoms with Crippen molar-refractivity contribution >= 4 is 27.5 Å².